The summed E-state index contributed by atoms with van der Waals surface area (Å²) >= 11 is 0. The molecule has 0 bridgehead atoms. The van der Waals surface area contributed by atoms with Gasteiger partial charge in [-0.1, -0.05) is 6.92 Å². The Morgan fingerprint density at radius 1 is 1.28 bits per heavy atom. The maximum absolute atomic E-state index is 9.03. The van der Waals surface area contributed by atoms with Gasteiger partial charge >= 0.3 is 0 Å². The summed E-state index contributed by atoms with van der Waals surface area (Å²) < 4.78 is 2.01. The van der Waals surface area contributed by atoms with Crippen molar-refractivity contribution in [3.63, 3.8) is 0 Å². The fourth-order valence-electron chi connectivity index (χ4n) is 1.95. The van der Waals surface area contributed by atoms with Crippen LogP contribution in [0.15, 0.2) is 12.7 Å². The normalized spacial score (nSPS) is 14.8. The highest BCUT2D eigenvalue weighted by atomic mass is 16.3. The van der Waals surface area contributed by atoms with E-state index in [1.165, 1.54) is 6.33 Å². The molecule has 0 aromatic carbocycles. The molecule has 2 aromatic heterocycles. The molecule has 3 N–H and O–H groups in total. The van der Waals surface area contributed by atoms with Crippen molar-refractivity contribution in [1.29, 1.82) is 0 Å². The molecule has 1 unspecified atom stereocenters. The molecule has 2 rings (SSSR count). The molecule has 0 aliphatic heterocycles. The summed E-state index contributed by atoms with van der Waals surface area (Å²) in [5.41, 5.74) is 7.18. The number of hydrogen-bond acceptors (Lipinski definition) is 5. The van der Waals surface area contributed by atoms with E-state index < -0.39 is 0 Å². The Labute approximate surface area is 106 Å². The van der Waals surface area contributed by atoms with E-state index in [0.717, 1.165) is 18.5 Å². The molecule has 2 heterocycles. The van der Waals surface area contributed by atoms with Crippen molar-refractivity contribution >= 4 is 17.0 Å². The summed E-state index contributed by atoms with van der Waals surface area (Å²) in [6.45, 7) is 4.38. The van der Waals surface area contributed by atoms with Gasteiger partial charge in [0.15, 0.2) is 11.5 Å². The van der Waals surface area contributed by atoms with Crippen molar-refractivity contribution in [2.75, 3.05) is 12.3 Å². The van der Waals surface area contributed by atoms with Gasteiger partial charge in [0.05, 0.1) is 6.33 Å². The Hall–Kier alpha value is -1.69. The number of imidazole rings is 1. The molecule has 2 aromatic rings. The standard InChI is InChI=1S/C12H19N5O/c1-8(5-18)3-4-9(2)17-7-16-10-11(13)14-6-15-12(10)17/h6-9,18H,3-5H2,1-2H3,(H2,13,14,15)/t8-,9?/m0/s1. The van der Waals surface area contributed by atoms with Crippen LogP contribution in [0, 0.1) is 5.92 Å². The number of aliphatic hydroxyl groups excluding tert-OH is 1. The second-order valence-corrected chi connectivity index (χ2v) is 4.80. The van der Waals surface area contributed by atoms with Crippen molar-refractivity contribution in [3.05, 3.63) is 12.7 Å². The highest BCUT2D eigenvalue weighted by Crippen LogP contribution is 2.22. The lowest BCUT2D eigenvalue weighted by Crippen LogP contribution is -2.08. The van der Waals surface area contributed by atoms with E-state index >= 15 is 0 Å². The van der Waals surface area contributed by atoms with Gasteiger partial charge in [-0.2, -0.15) is 0 Å². The average Bonchev–Trinajstić information content (AvgIpc) is 2.81. The van der Waals surface area contributed by atoms with Gasteiger partial charge in [0.2, 0.25) is 0 Å². The van der Waals surface area contributed by atoms with E-state index in [9.17, 15) is 0 Å². The molecule has 6 heteroatoms. The zero-order valence-electron chi connectivity index (χ0n) is 10.7. The molecule has 98 valence electrons. The van der Waals surface area contributed by atoms with Crippen molar-refractivity contribution in [2.45, 2.75) is 32.7 Å². The van der Waals surface area contributed by atoms with Gasteiger partial charge in [0.1, 0.15) is 11.8 Å². The third-order valence-electron chi connectivity index (χ3n) is 3.25. The number of hydrogen-bond donors (Lipinski definition) is 2. The van der Waals surface area contributed by atoms with E-state index in [4.69, 9.17) is 10.8 Å². The number of anilines is 1. The van der Waals surface area contributed by atoms with Crippen LogP contribution >= 0.6 is 0 Å². The summed E-state index contributed by atoms with van der Waals surface area (Å²) in [6.07, 6.45) is 5.15. The molecule has 2 atom stereocenters. The minimum atomic E-state index is 0.229. The van der Waals surface area contributed by atoms with Crippen LogP contribution in [-0.2, 0) is 0 Å². The molecule has 6 nitrogen and oxygen atoms in total. The summed E-state index contributed by atoms with van der Waals surface area (Å²) in [6, 6.07) is 0.276. The Bertz CT molecular complexity index is 524. The quantitative estimate of drug-likeness (QED) is 0.835. The van der Waals surface area contributed by atoms with E-state index in [1.54, 1.807) is 6.33 Å². The second-order valence-electron chi connectivity index (χ2n) is 4.80. The monoisotopic (exact) mass is 249 g/mol. The topological polar surface area (TPSA) is 89.8 Å². The van der Waals surface area contributed by atoms with Crippen LogP contribution in [0.4, 0.5) is 5.82 Å². The second kappa shape index (κ2) is 5.30. The predicted octanol–water partition coefficient (Wildman–Crippen LogP) is 1.38. The molecule has 0 aliphatic rings. The molecule has 0 radical (unpaired) electrons. The Morgan fingerprint density at radius 3 is 2.78 bits per heavy atom. The minimum absolute atomic E-state index is 0.229. The van der Waals surface area contributed by atoms with Gasteiger partial charge in [0, 0.05) is 12.6 Å². The fraction of sp³-hybridized carbons (Fsp3) is 0.583. The molecule has 0 saturated carbocycles. The van der Waals surface area contributed by atoms with Crippen LogP contribution in [0.3, 0.4) is 0 Å². The smallest absolute Gasteiger partial charge is 0.165 e. The van der Waals surface area contributed by atoms with Crippen LogP contribution in [0.1, 0.15) is 32.7 Å². The predicted molar refractivity (Wildman–Crippen MR) is 69.9 cm³/mol. The molecular formula is C12H19N5O. The summed E-state index contributed by atoms with van der Waals surface area (Å²) in [4.78, 5) is 12.4. The van der Waals surface area contributed by atoms with Crippen LogP contribution in [-0.4, -0.2) is 31.2 Å². The number of nitrogens with zero attached hydrogens (tertiary/aromatic N) is 4. The van der Waals surface area contributed by atoms with Crippen molar-refractivity contribution in [3.8, 4) is 0 Å². The fourth-order valence-corrected chi connectivity index (χ4v) is 1.95. The zero-order valence-corrected chi connectivity index (χ0v) is 10.7. The molecule has 0 fully saturated rings. The maximum Gasteiger partial charge on any atom is 0.165 e. The first-order valence-corrected chi connectivity index (χ1v) is 6.17. The van der Waals surface area contributed by atoms with Gasteiger partial charge in [-0.25, -0.2) is 15.0 Å². The number of rotatable bonds is 5. The molecular weight excluding hydrogens is 230 g/mol. The number of nitrogen functional groups attached to an aromatic ring is 1. The first-order valence-electron chi connectivity index (χ1n) is 6.17. The third kappa shape index (κ3) is 2.43. The van der Waals surface area contributed by atoms with Crippen LogP contribution in [0.25, 0.3) is 11.2 Å². The summed E-state index contributed by atoms with van der Waals surface area (Å²) in [5, 5.41) is 9.03. The highest BCUT2D eigenvalue weighted by Gasteiger charge is 2.13. The van der Waals surface area contributed by atoms with Gasteiger partial charge in [-0.15, -0.1) is 0 Å². The van der Waals surface area contributed by atoms with Crippen molar-refractivity contribution in [2.24, 2.45) is 5.92 Å². The molecule has 0 aliphatic carbocycles. The van der Waals surface area contributed by atoms with E-state index in [2.05, 4.69) is 21.9 Å². The first-order chi connectivity index (χ1) is 8.63. The van der Waals surface area contributed by atoms with Gasteiger partial charge in [-0.3, -0.25) is 0 Å². The van der Waals surface area contributed by atoms with Crippen LogP contribution in [0.5, 0.6) is 0 Å². The number of nitrogens with two attached hydrogens (primary N) is 1. The number of fused-ring (bicyclic) bond motifs is 1. The van der Waals surface area contributed by atoms with Gasteiger partial charge in [-0.05, 0) is 25.7 Å². The lowest BCUT2D eigenvalue weighted by molar-refractivity contribution is 0.223. The summed E-state index contributed by atoms with van der Waals surface area (Å²) in [5.74, 6) is 0.733. The van der Waals surface area contributed by atoms with Crippen molar-refractivity contribution < 1.29 is 5.11 Å². The third-order valence-corrected chi connectivity index (χ3v) is 3.25. The molecule has 0 amide bonds. The van der Waals surface area contributed by atoms with Crippen molar-refractivity contribution in [1.82, 2.24) is 19.5 Å². The lowest BCUT2D eigenvalue weighted by atomic mass is 10.0. The van der Waals surface area contributed by atoms with Crippen LogP contribution < -0.4 is 5.73 Å². The molecule has 0 saturated heterocycles. The Balaban J connectivity index is 2.18. The Kier molecular flexibility index (Phi) is 3.76. The number of aromatic nitrogens is 4. The SMILES string of the molecule is CC(CC[C@H](C)CO)n1cnc2c(N)ncnc21. The summed E-state index contributed by atoms with van der Waals surface area (Å²) in [7, 11) is 0. The largest absolute Gasteiger partial charge is 0.396 e. The van der Waals surface area contributed by atoms with Gasteiger partial charge in [0.25, 0.3) is 0 Å². The Morgan fingerprint density at radius 2 is 2.06 bits per heavy atom. The average molecular weight is 249 g/mol. The van der Waals surface area contributed by atoms with E-state index in [1.807, 2.05) is 11.5 Å². The lowest BCUT2D eigenvalue weighted by Gasteiger charge is -2.15. The van der Waals surface area contributed by atoms with E-state index in [0.29, 0.717) is 17.3 Å². The first kappa shape index (κ1) is 12.8. The van der Waals surface area contributed by atoms with Crippen LogP contribution in [0.2, 0.25) is 0 Å². The minimum Gasteiger partial charge on any atom is -0.396 e. The molecule has 0 spiro atoms. The maximum atomic E-state index is 9.03. The van der Waals surface area contributed by atoms with E-state index in [-0.39, 0.29) is 12.6 Å². The molecule has 18 heavy (non-hydrogen) atoms. The van der Waals surface area contributed by atoms with Gasteiger partial charge < -0.3 is 15.4 Å². The zero-order chi connectivity index (χ0) is 13.1. The highest BCUT2D eigenvalue weighted by molar-refractivity contribution is 5.81. The number of aliphatic hydroxyl groups is 1.